The molecule has 0 rings (SSSR count). The molecular formula is C8H16O4. The van der Waals surface area contributed by atoms with Crippen molar-refractivity contribution < 1.29 is 19.4 Å². The van der Waals surface area contributed by atoms with Crippen molar-refractivity contribution in [3.05, 3.63) is 12.8 Å². The van der Waals surface area contributed by atoms with Crippen molar-refractivity contribution >= 4 is 11.9 Å². The topological polar surface area (TPSA) is 63.6 Å². The number of carbonyl (C=O) groups excluding carboxylic acids is 1. The summed E-state index contributed by atoms with van der Waals surface area (Å²) in [5.74, 6) is -1.16. The Morgan fingerprint density at radius 3 is 1.58 bits per heavy atom. The van der Waals surface area contributed by atoms with E-state index < -0.39 is 5.97 Å². The van der Waals surface area contributed by atoms with Gasteiger partial charge in [-0.05, 0) is 0 Å². The van der Waals surface area contributed by atoms with Crippen LogP contribution in [0.15, 0.2) is 12.8 Å². The quantitative estimate of drug-likeness (QED) is 0.489. The molecule has 0 aliphatic rings. The van der Waals surface area contributed by atoms with Gasteiger partial charge in [-0.2, -0.15) is 0 Å². The Morgan fingerprint density at radius 2 is 1.58 bits per heavy atom. The molecule has 0 saturated heterocycles. The third-order valence-corrected chi connectivity index (χ3v) is 0.249. The second kappa shape index (κ2) is 16.3. The van der Waals surface area contributed by atoms with Crippen molar-refractivity contribution in [2.24, 2.45) is 0 Å². The van der Waals surface area contributed by atoms with Gasteiger partial charge < -0.3 is 9.84 Å². The van der Waals surface area contributed by atoms with Crippen molar-refractivity contribution in [1.29, 1.82) is 0 Å². The standard InChI is InChI=1S/C4H6O2.C2H4O2.C2H6/c1-3-6-4(2)5;1-2(3)4;1-2/h3H,1H2,2H3;1H3,(H,3,4);1-2H3. The van der Waals surface area contributed by atoms with E-state index in [2.05, 4.69) is 11.3 Å². The van der Waals surface area contributed by atoms with Crippen LogP contribution < -0.4 is 0 Å². The smallest absolute Gasteiger partial charge is 0.307 e. The molecule has 0 amide bonds. The van der Waals surface area contributed by atoms with Gasteiger partial charge in [-0.3, -0.25) is 9.59 Å². The molecule has 0 bridgehead atoms. The predicted octanol–water partition coefficient (Wildman–Crippen LogP) is 1.81. The number of esters is 1. The van der Waals surface area contributed by atoms with Gasteiger partial charge in [0.1, 0.15) is 0 Å². The van der Waals surface area contributed by atoms with Crippen molar-refractivity contribution in [2.75, 3.05) is 0 Å². The van der Waals surface area contributed by atoms with E-state index in [-0.39, 0.29) is 5.97 Å². The van der Waals surface area contributed by atoms with E-state index in [4.69, 9.17) is 9.90 Å². The third-order valence-electron chi connectivity index (χ3n) is 0.249. The molecule has 4 heteroatoms. The van der Waals surface area contributed by atoms with Crippen LogP contribution in [0, 0.1) is 0 Å². The molecule has 0 fully saturated rings. The highest BCUT2D eigenvalue weighted by atomic mass is 16.5. The van der Waals surface area contributed by atoms with E-state index in [0.29, 0.717) is 0 Å². The molecule has 0 spiro atoms. The lowest BCUT2D eigenvalue weighted by Gasteiger charge is -1.83. The molecule has 0 aromatic carbocycles. The Kier molecular flexibility index (Phi) is 23.1. The Labute approximate surface area is 72.8 Å². The monoisotopic (exact) mass is 176 g/mol. The average molecular weight is 176 g/mol. The molecule has 0 aromatic heterocycles. The molecule has 0 atom stereocenters. The van der Waals surface area contributed by atoms with E-state index in [1.807, 2.05) is 13.8 Å². The molecule has 0 unspecified atom stereocenters. The van der Waals surface area contributed by atoms with Crippen LogP contribution in [0.2, 0.25) is 0 Å². The Bertz CT molecular complexity index is 125. The van der Waals surface area contributed by atoms with E-state index in [0.717, 1.165) is 13.2 Å². The van der Waals surface area contributed by atoms with Crippen LogP contribution in [-0.2, 0) is 14.3 Å². The lowest BCUT2D eigenvalue weighted by molar-refractivity contribution is -0.136. The minimum atomic E-state index is -0.833. The number of rotatable bonds is 1. The van der Waals surface area contributed by atoms with Crippen LogP contribution in [-0.4, -0.2) is 17.0 Å². The molecule has 0 heterocycles. The van der Waals surface area contributed by atoms with Gasteiger partial charge in [-0.1, -0.05) is 20.4 Å². The summed E-state index contributed by atoms with van der Waals surface area (Å²) in [5.41, 5.74) is 0. The second-order valence-electron chi connectivity index (χ2n) is 1.30. The summed E-state index contributed by atoms with van der Waals surface area (Å²) < 4.78 is 4.17. The first-order chi connectivity index (χ1) is 5.50. The number of carboxylic acids is 1. The molecular weight excluding hydrogens is 160 g/mol. The zero-order valence-corrected chi connectivity index (χ0v) is 7.96. The number of hydrogen-bond donors (Lipinski definition) is 1. The van der Waals surface area contributed by atoms with Gasteiger partial charge in [0.25, 0.3) is 5.97 Å². The Hall–Kier alpha value is -1.32. The fourth-order valence-electron chi connectivity index (χ4n) is 0.117. The molecule has 0 aromatic rings. The molecule has 0 aliphatic heterocycles. The van der Waals surface area contributed by atoms with Gasteiger partial charge in [0.05, 0.1) is 6.26 Å². The predicted molar refractivity (Wildman–Crippen MR) is 46.6 cm³/mol. The normalized spacial score (nSPS) is 6.00. The van der Waals surface area contributed by atoms with Gasteiger partial charge in [0.15, 0.2) is 0 Å². The first-order valence-corrected chi connectivity index (χ1v) is 3.48. The van der Waals surface area contributed by atoms with E-state index >= 15 is 0 Å². The Balaban J connectivity index is -0.000000118. The van der Waals surface area contributed by atoms with Gasteiger partial charge >= 0.3 is 5.97 Å². The number of carbonyl (C=O) groups is 2. The van der Waals surface area contributed by atoms with E-state index in [1.165, 1.54) is 6.92 Å². The van der Waals surface area contributed by atoms with Gasteiger partial charge in [-0.25, -0.2) is 0 Å². The minimum Gasteiger partial charge on any atom is -0.481 e. The number of carboxylic acid groups (broad SMARTS) is 1. The molecule has 1 N–H and O–H groups in total. The van der Waals surface area contributed by atoms with E-state index in [9.17, 15) is 4.79 Å². The first kappa shape index (κ1) is 17.0. The van der Waals surface area contributed by atoms with Gasteiger partial charge in [0, 0.05) is 13.8 Å². The minimum absolute atomic E-state index is 0.329. The molecule has 12 heavy (non-hydrogen) atoms. The molecule has 0 radical (unpaired) electrons. The molecule has 0 saturated carbocycles. The van der Waals surface area contributed by atoms with Crippen LogP contribution in [0.1, 0.15) is 27.7 Å². The van der Waals surface area contributed by atoms with Crippen molar-refractivity contribution in [2.45, 2.75) is 27.7 Å². The lowest BCUT2D eigenvalue weighted by atomic mass is 10.8. The van der Waals surface area contributed by atoms with Crippen molar-refractivity contribution in [3.63, 3.8) is 0 Å². The maximum Gasteiger partial charge on any atom is 0.307 e. The molecule has 4 nitrogen and oxygen atoms in total. The average Bonchev–Trinajstić information content (AvgIpc) is 1.90. The van der Waals surface area contributed by atoms with Crippen LogP contribution >= 0.6 is 0 Å². The molecule has 0 aliphatic carbocycles. The fourth-order valence-corrected chi connectivity index (χ4v) is 0.117. The highest BCUT2D eigenvalue weighted by Crippen LogP contribution is 1.70. The van der Waals surface area contributed by atoms with Crippen LogP contribution in [0.5, 0.6) is 0 Å². The lowest BCUT2D eigenvalue weighted by Crippen LogP contribution is -1.87. The van der Waals surface area contributed by atoms with Crippen molar-refractivity contribution in [1.82, 2.24) is 0 Å². The maximum absolute atomic E-state index is 9.75. The summed E-state index contributed by atoms with van der Waals surface area (Å²) in [6.45, 7) is 9.56. The highest BCUT2D eigenvalue weighted by Gasteiger charge is 1.79. The van der Waals surface area contributed by atoms with E-state index in [1.54, 1.807) is 0 Å². The number of hydrogen-bond acceptors (Lipinski definition) is 3. The van der Waals surface area contributed by atoms with Crippen molar-refractivity contribution in [3.8, 4) is 0 Å². The summed E-state index contributed by atoms with van der Waals surface area (Å²) in [7, 11) is 0. The third kappa shape index (κ3) is 181. The maximum atomic E-state index is 9.75. The zero-order chi connectivity index (χ0) is 10.6. The molecule has 72 valence electrons. The summed E-state index contributed by atoms with van der Waals surface area (Å²) in [4.78, 5) is 18.8. The summed E-state index contributed by atoms with van der Waals surface area (Å²) in [6.07, 6.45) is 1.10. The largest absolute Gasteiger partial charge is 0.481 e. The van der Waals surface area contributed by atoms with Crippen LogP contribution in [0.4, 0.5) is 0 Å². The summed E-state index contributed by atoms with van der Waals surface area (Å²) >= 11 is 0. The van der Waals surface area contributed by atoms with Crippen LogP contribution in [0.25, 0.3) is 0 Å². The Morgan fingerprint density at radius 1 is 1.33 bits per heavy atom. The first-order valence-electron chi connectivity index (χ1n) is 3.48. The highest BCUT2D eigenvalue weighted by molar-refractivity contribution is 5.66. The number of aliphatic carboxylic acids is 1. The number of ether oxygens (including phenoxy) is 1. The summed E-state index contributed by atoms with van der Waals surface area (Å²) in [5, 5.41) is 7.42. The summed E-state index contributed by atoms with van der Waals surface area (Å²) in [6, 6.07) is 0. The zero-order valence-electron chi connectivity index (χ0n) is 7.96. The van der Waals surface area contributed by atoms with Gasteiger partial charge in [0.2, 0.25) is 0 Å². The van der Waals surface area contributed by atoms with Crippen LogP contribution in [0.3, 0.4) is 0 Å². The fraction of sp³-hybridized carbons (Fsp3) is 0.500. The van der Waals surface area contributed by atoms with Gasteiger partial charge in [-0.15, -0.1) is 0 Å². The SMILES string of the molecule is C=COC(C)=O.CC.CC(=O)O. The second-order valence-corrected chi connectivity index (χ2v) is 1.30.